The fourth-order valence-corrected chi connectivity index (χ4v) is 6.19. The first kappa shape index (κ1) is 15.1. The maximum atomic E-state index is 2.52. The smallest absolute Gasteiger partial charge is 0.0200 e. The van der Waals surface area contributed by atoms with Crippen LogP contribution in [0, 0.1) is 11.8 Å². The van der Waals surface area contributed by atoms with Crippen LogP contribution in [0.4, 0.5) is 0 Å². The van der Waals surface area contributed by atoms with Crippen molar-refractivity contribution in [2.45, 2.75) is 25.7 Å². The Kier molecular flexibility index (Phi) is 2.89. The third-order valence-corrected chi connectivity index (χ3v) is 7.53. The second kappa shape index (κ2) is 5.35. The summed E-state index contributed by atoms with van der Waals surface area (Å²) in [6, 6.07) is 22.8. The molecule has 0 saturated heterocycles. The molecule has 0 fully saturated rings. The Hall–Kier alpha value is -2.86. The molecular weight excluding hydrogens is 336 g/mol. The Labute approximate surface area is 165 Å². The Bertz CT molecular complexity index is 1170. The topological polar surface area (TPSA) is 0 Å². The van der Waals surface area contributed by atoms with Crippen molar-refractivity contribution in [1.82, 2.24) is 0 Å². The quantitative estimate of drug-likeness (QED) is 0.423. The average Bonchev–Trinajstić information content (AvgIpc) is 2.75. The molecule has 0 aliphatic heterocycles. The normalized spacial score (nSPS) is 24.1. The van der Waals surface area contributed by atoms with Crippen molar-refractivity contribution in [2.24, 2.45) is 11.8 Å². The molecule has 2 unspecified atom stereocenters. The zero-order valence-electron chi connectivity index (χ0n) is 15.9. The van der Waals surface area contributed by atoms with Crippen molar-refractivity contribution >= 4 is 10.8 Å². The summed E-state index contributed by atoms with van der Waals surface area (Å²) in [4.78, 5) is 0. The van der Waals surface area contributed by atoms with E-state index in [0.717, 1.165) is 25.7 Å². The summed E-state index contributed by atoms with van der Waals surface area (Å²) >= 11 is 0. The summed E-state index contributed by atoms with van der Waals surface area (Å²) in [5.41, 5.74) is 13.1. The predicted molar refractivity (Wildman–Crippen MR) is 115 cm³/mol. The van der Waals surface area contributed by atoms with Gasteiger partial charge in [-0.3, -0.25) is 0 Å². The summed E-state index contributed by atoms with van der Waals surface area (Å²) in [6.45, 7) is 0. The van der Waals surface area contributed by atoms with E-state index in [4.69, 9.17) is 0 Å². The van der Waals surface area contributed by atoms with Gasteiger partial charge in [0.05, 0.1) is 0 Å². The molecule has 8 rings (SSSR count). The number of hydrogen-bond donors (Lipinski definition) is 0. The first-order valence-electron chi connectivity index (χ1n) is 10.5. The van der Waals surface area contributed by atoms with Gasteiger partial charge in [0.1, 0.15) is 0 Å². The zero-order chi connectivity index (χ0) is 18.2. The molecule has 0 saturated carbocycles. The average molecular weight is 358 g/mol. The summed E-state index contributed by atoms with van der Waals surface area (Å²) < 4.78 is 0. The third kappa shape index (κ3) is 1.96. The van der Waals surface area contributed by atoms with Gasteiger partial charge in [0.25, 0.3) is 0 Å². The molecular formula is C28H22. The highest BCUT2D eigenvalue weighted by Crippen LogP contribution is 2.52. The van der Waals surface area contributed by atoms with Crippen LogP contribution in [0.3, 0.4) is 0 Å². The molecule has 2 atom stereocenters. The molecule has 0 amide bonds. The maximum Gasteiger partial charge on any atom is 0.0200 e. The van der Waals surface area contributed by atoms with Gasteiger partial charge >= 0.3 is 0 Å². The van der Waals surface area contributed by atoms with E-state index in [9.17, 15) is 0 Å². The van der Waals surface area contributed by atoms with Crippen LogP contribution in [-0.4, -0.2) is 0 Å². The van der Waals surface area contributed by atoms with Gasteiger partial charge in [0.15, 0.2) is 0 Å². The second-order valence-electron chi connectivity index (χ2n) is 8.89. The first-order valence-corrected chi connectivity index (χ1v) is 10.5. The molecule has 0 nitrogen and oxygen atoms in total. The largest absolute Gasteiger partial charge is 0.0764 e. The fourth-order valence-electron chi connectivity index (χ4n) is 6.19. The fraction of sp³-hybridized carbons (Fsp3) is 0.214. The Morgan fingerprint density at radius 3 is 1.32 bits per heavy atom. The molecule has 0 aromatic heterocycles. The Balaban J connectivity index is 1.33. The number of hydrogen-bond acceptors (Lipinski definition) is 0. The molecule has 0 heterocycles. The standard InChI is InChI=1S/C28H22/c1-2-6-18-12-22-16-28-24-10-9-23(27(28)15-21(22)11-17(18)5-1)25-13-19-7-3-4-8-20(19)14-26(24)25/h1-12,23-24H,13-16H2. The number of fused-ring (bicyclic) bond motifs is 3. The minimum Gasteiger partial charge on any atom is -0.0764 e. The van der Waals surface area contributed by atoms with E-state index in [1.54, 1.807) is 44.5 Å². The second-order valence-corrected chi connectivity index (χ2v) is 8.89. The summed E-state index contributed by atoms with van der Waals surface area (Å²) in [5, 5.41) is 2.77. The van der Waals surface area contributed by atoms with Crippen molar-refractivity contribution in [3.63, 3.8) is 0 Å². The summed E-state index contributed by atoms with van der Waals surface area (Å²) in [5.74, 6) is 1.09. The van der Waals surface area contributed by atoms with Gasteiger partial charge in [0, 0.05) is 11.8 Å². The van der Waals surface area contributed by atoms with Crippen LogP contribution in [0.5, 0.6) is 0 Å². The van der Waals surface area contributed by atoms with Gasteiger partial charge in [-0.1, -0.05) is 95.1 Å². The third-order valence-electron chi connectivity index (χ3n) is 7.53. The van der Waals surface area contributed by atoms with E-state index in [0.29, 0.717) is 11.8 Å². The highest BCUT2D eigenvalue weighted by atomic mass is 14.4. The van der Waals surface area contributed by atoms with Crippen LogP contribution in [0.15, 0.2) is 95.1 Å². The predicted octanol–water partition coefficient (Wildman–Crippen LogP) is 6.15. The van der Waals surface area contributed by atoms with Crippen LogP contribution in [0.2, 0.25) is 0 Å². The van der Waals surface area contributed by atoms with Gasteiger partial charge in [-0.05, 0) is 58.7 Å². The van der Waals surface area contributed by atoms with Crippen LogP contribution in [-0.2, 0) is 25.7 Å². The van der Waals surface area contributed by atoms with Crippen molar-refractivity contribution in [2.75, 3.05) is 0 Å². The molecule has 2 bridgehead atoms. The number of rotatable bonds is 0. The molecule has 28 heavy (non-hydrogen) atoms. The van der Waals surface area contributed by atoms with Crippen molar-refractivity contribution in [1.29, 1.82) is 0 Å². The van der Waals surface area contributed by atoms with E-state index >= 15 is 0 Å². The van der Waals surface area contributed by atoms with Crippen LogP contribution in [0.25, 0.3) is 10.8 Å². The number of allylic oxidation sites excluding steroid dienone is 6. The highest BCUT2D eigenvalue weighted by Gasteiger charge is 2.40. The van der Waals surface area contributed by atoms with E-state index in [2.05, 4.69) is 72.8 Å². The molecule has 3 aromatic rings. The minimum absolute atomic E-state index is 0.544. The zero-order valence-corrected chi connectivity index (χ0v) is 15.9. The molecule has 0 N–H and O–H groups in total. The number of benzene rings is 3. The van der Waals surface area contributed by atoms with Crippen molar-refractivity contribution < 1.29 is 0 Å². The summed E-state index contributed by atoms with van der Waals surface area (Å²) in [6.07, 6.45) is 9.61. The molecule has 0 heteroatoms. The van der Waals surface area contributed by atoms with Gasteiger partial charge in [-0.15, -0.1) is 0 Å². The van der Waals surface area contributed by atoms with Crippen LogP contribution < -0.4 is 0 Å². The van der Waals surface area contributed by atoms with Gasteiger partial charge < -0.3 is 0 Å². The molecule has 0 radical (unpaired) electrons. The van der Waals surface area contributed by atoms with Gasteiger partial charge in [0.2, 0.25) is 0 Å². The molecule has 3 aromatic carbocycles. The lowest BCUT2D eigenvalue weighted by Crippen LogP contribution is -2.33. The van der Waals surface area contributed by atoms with E-state index in [1.807, 2.05) is 0 Å². The molecule has 134 valence electrons. The molecule has 5 aliphatic rings. The van der Waals surface area contributed by atoms with Gasteiger partial charge in [-0.2, -0.15) is 0 Å². The lowest BCUT2D eigenvalue weighted by atomic mass is 9.60. The van der Waals surface area contributed by atoms with Crippen molar-refractivity contribution in [3.8, 4) is 0 Å². The van der Waals surface area contributed by atoms with Crippen LogP contribution in [0.1, 0.15) is 22.3 Å². The van der Waals surface area contributed by atoms with Gasteiger partial charge in [-0.25, -0.2) is 0 Å². The monoisotopic (exact) mass is 358 g/mol. The van der Waals surface area contributed by atoms with E-state index in [1.165, 1.54) is 10.8 Å². The maximum absolute atomic E-state index is 2.52. The van der Waals surface area contributed by atoms with Crippen LogP contribution >= 0.6 is 0 Å². The van der Waals surface area contributed by atoms with E-state index in [-0.39, 0.29) is 0 Å². The molecule has 5 aliphatic carbocycles. The Morgan fingerprint density at radius 1 is 0.464 bits per heavy atom. The summed E-state index contributed by atoms with van der Waals surface area (Å²) in [7, 11) is 0. The minimum atomic E-state index is 0.544. The van der Waals surface area contributed by atoms with E-state index < -0.39 is 0 Å². The first-order chi connectivity index (χ1) is 13.8. The molecule has 0 spiro atoms. The Morgan fingerprint density at radius 2 is 0.857 bits per heavy atom. The van der Waals surface area contributed by atoms with Crippen molar-refractivity contribution in [3.05, 3.63) is 117 Å². The SMILES string of the molecule is C1=CC2C3=C(Cc4ccccc4C3)C1C1=C2Cc2cc3ccccc3cc2C1. The lowest BCUT2D eigenvalue weighted by Gasteiger charge is -2.44. The lowest BCUT2D eigenvalue weighted by molar-refractivity contribution is 0.605. The highest BCUT2D eigenvalue weighted by molar-refractivity contribution is 5.84.